The van der Waals surface area contributed by atoms with Crippen molar-refractivity contribution in [3.8, 4) is 0 Å². The number of nitrogens with zero attached hydrogens (tertiary/aromatic N) is 1. The summed E-state index contributed by atoms with van der Waals surface area (Å²) in [6.07, 6.45) is 4.73. The normalized spacial score (nSPS) is 44.7. The second-order valence-electron chi connectivity index (χ2n) is 17.0. The summed E-state index contributed by atoms with van der Waals surface area (Å²) in [4.78, 5) is 2.23. The number of hydrogen-bond acceptors (Lipinski definition) is 9. The zero-order valence-electron chi connectivity index (χ0n) is 33.5. The van der Waals surface area contributed by atoms with Gasteiger partial charge in [-0.25, -0.2) is 0 Å². The van der Waals surface area contributed by atoms with Gasteiger partial charge in [-0.1, -0.05) is 82.1 Å². The molecule has 0 aromatic carbocycles. The molecule has 9 heteroatoms. The topological polar surface area (TPSA) is 77.1 Å². The van der Waals surface area contributed by atoms with Crippen LogP contribution in [0.4, 0.5) is 0 Å². The molecular formula is C40H75NO8. The summed E-state index contributed by atoms with van der Waals surface area (Å²) < 4.78 is 53.2. The number of ether oxygens (including phenoxy) is 8. The Labute approximate surface area is 300 Å². The Morgan fingerprint density at radius 3 is 1.96 bits per heavy atom. The summed E-state index contributed by atoms with van der Waals surface area (Å²) in [5.41, 5.74) is 0. The molecule has 0 saturated carbocycles. The molecule has 0 N–H and O–H groups in total. The largest absolute Gasteiger partial charge is 0.353 e. The quantitative estimate of drug-likeness (QED) is 0.151. The zero-order chi connectivity index (χ0) is 36.0. The van der Waals surface area contributed by atoms with E-state index >= 15 is 0 Å². The van der Waals surface area contributed by atoms with Crippen molar-refractivity contribution in [2.75, 3.05) is 40.6 Å². The molecule has 4 heterocycles. The molecule has 0 bridgehead atoms. The maximum Gasteiger partial charge on any atom is 0.166 e. The molecule has 4 aliphatic rings. The van der Waals surface area contributed by atoms with Crippen LogP contribution in [0.25, 0.3) is 0 Å². The van der Waals surface area contributed by atoms with E-state index in [1.165, 1.54) is 6.42 Å². The Kier molecular flexibility index (Phi) is 15.7. The van der Waals surface area contributed by atoms with Crippen LogP contribution in [0.2, 0.25) is 0 Å². The average Bonchev–Trinajstić information content (AvgIpc) is 3.61. The highest BCUT2D eigenvalue weighted by molar-refractivity contribution is 4.95. The fraction of sp³-hybridized carbons (Fsp3) is 1.00. The smallest absolute Gasteiger partial charge is 0.166 e. The predicted octanol–water partition coefficient (Wildman–Crippen LogP) is 7.74. The highest BCUT2D eigenvalue weighted by atomic mass is 16.8. The summed E-state index contributed by atoms with van der Waals surface area (Å²) in [6.45, 7) is 27.5. The number of rotatable bonds is 16. The fourth-order valence-electron chi connectivity index (χ4n) is 8.84. The van der Waals surface area contributed by atoms with Crippen LogP contribution in [0.1, 0.15) is 115 Å². The van der Waals surface area contributed by atoms with Gasteiger partial charge >= 0.3 is 0 Å². The van der Waals surface area contributed by atoms with Gasteiger partial charge in [-0.15, -0.1) is 0 Å². The van der Waals surface area contributed by atoms with Gasteiger partial charge in [-0.05, 0) is 76.4 Å². The number of hydrogen-bond donors (Lipinski definition) is 0. The molecule has 0 radical (unpaired) electrons. The van der Waals surface area contributed by atoms with Gasteiger partial charge in [-0.3, -0.25) is 0 Å². The van der Waals surface area contributed by atoms with E-state index in [2.05, 4.69) is 95.2 Å². The molecule has 49 heavy (non-hydrogen) atoms. The van der Waals surface area contributed by atoms with E-state index in [4.69, 9.17) is 37.9 Å². The molecule has 4 fully saturated rings. The second-order valence-corrected chi connectivity index (χ2v) is 17.0. The van der Waals surface area contributed by atoms with Crippen LogP contribution in [0, 0.1) is 47.3 Å². The third-order valence-electron chi connectivity index (χ3n) is 12.8. The maximum absolute atomic E-state index is 7.15. The summed E-state index contributed by atoms with van der Waals surface area (Å²) in [5, 5.41) is 0. The Morgan fingerprint density at radius 2 is 1.37 bits per heavy atom. The van der Waals surface area contributed by atoms with Gasteiger partial charge in [0.2, 0.25) is 0 Å². The van der Waals surface area contributed by atoms with Crippen LogP contribution in [0.3, 0.4) is 0 Å². The van der Waals surface area contributed by atoms with E-state index in [0.717, 1.165) is 38.6 Å². The van der Waals surface area contributed by atoms with Crippen molar-refractivity contribution >= 4 is 0 Å². The van der Waals surface area contributed by atoms with Crippen LogP contribution >= 0.6 is 0 Å². The highest BCUT2D eigenvalue weighted by Crippen LogP contribution is 2.45. The number of unbranched alkanes of at least 4 members (excludes halogenated alkanes) is 2. The first-order valence-corrected chi connectivity index (χ1v) is 20.0. The lowest BCUT2D eigenvalue weighted by Crippen LogP contribution is -2.61. The van der Waals surface area contributed by atoms with Gasteiger partial charge in [0.25, 0.3) is 0 Å². The van der Waals surface area contributed by atoms with Crippen molar-refractivity contribution in [3.63, 3.8) is 0 Å². The van der Waals surface area contributed by atoms with E-state index in [9.17, 15) is 0 Å². The van der Waals surface area contributed by atoms with E-state index in [1.807, 2.05) is 0 Å². The molecule has 288 valence electrons. The van der Waals surface area contributed by atoms with Gasteiger partial charge in [0.05, 0.1) is 37.6 Å². The SMILES string of the molecule is CC[C@H](C)C1O[C@H](O[C@H]2C([C@H]3COCO3)O[C@](C)(OCCCCCN(C)C)C[C@H]2C)C(C)[C@@H](O[C@H]2O[C@@H]([C@@H](C)CC)[C@@H](C)C(C)C2C)[C@@H]1C. The molecule has 0 aliphatic carbocycles. The molecule has 4 aliphatic heterocycles. The van der Waals surface area contributed by atoms with Gasteiger partial charge < -0.3 is 42.8 Å². The molecule has 0 aromatic heterocycles. The molecule has 5 unspecified atom stereocenters. The molecule has 4 saturated heterocycles. The van der Waals surface area contributed by atoms with Crippen LogP contribution < -0.4 is 0 Å². The second kappa shape index (κ2) is 18.6. The standard InChI is InChI=1S/C40H75NO8/c1-14-24(3)33-28(7)27(6)29(8)38(45-33)48-36-30(9)34(25(4)15-2)46-39(31(36)10)47-35-26(5)21-40(11,44-20-18-16-17-19-41(12)13)49-37(35)32-22-42-23-43-32/h24-39H,14-23H2,1-13H3/t24-,25-,26+,27?,28-,29?,30+,31?,32+,33-,34?,35+,36-,37?,38+,39+,40-/m0/s1. The lowest BCUT2D eigenvalue weighted by molar-refractivity contribution is -0.365. The van der Waals surface area contributed by atoms with Crippen molar-refractivity contribution in [1.29, 1.82) is 0 Å². The lowest BCUT2D eigenvalue weighted by atomic mass is 9.75. The van der Waals surface area contributed by atoms with E-state index in [-0.39, 0.29) is 67.5 Å². The molecule has 0 spiro atoms. The highest BCUT2D eigenvalue weighted by Gasteiger charge is 2.53. The molecule has 4 rings (SSSR count). The Morgan fingerprint density at radius 1 is 0.755 bits per heavy atom. The van der Waals surface area contributed by atoms with Gasteiger partial charge in [0.1, 0.15) is 19.0 Å². The lowest BCUT2D eigenvalue weighted by Gasteiger charge is -2.52. The summed E-state index contributed by atoms with van der Waals surface area (Å²) in [5.74, 6) is 1.73. The van der Waals surface area contributed by atoms with Crippen molar-refractivity contribution in [2.45, 2.75) is 170 Å². The van der Waals surface area contributed by atoms with Gasteiger partial charge in [-0.2, -0.15) is 0 Å². The van der Waals surface area contributed by atoms with Crippen LogP contribution in [-0.2, 0) is 37.9 Å². The predicted molar refractivity (Wildman–Crippen MR) is 193 cm³/mol. The summed E-state index contributed by atoms with van der Waals surface area (Å²) in [6, 6.07) is 0. The van der Waals surface area contributed by atoms with Crippen molar-refractivity contribution in [2.24, 2.45) is 47.3 Å². The van der Waals surface area contributed by atoms with Crippen molar-refractivity contribution in [1.82, 2.24) is 4.90 Å². The minimum Gasteiger partial charge on any atom is -0.353 e. The third kappa shape index (κ3) is 10.2. The average molecular weight is 698 g/mol. The van der Waals surface area contributed by atoms with E-state index in [1.54, 1.807) is 0 Å². The third-order valence-corrected chi connectivity index (χ3v) is 12.8. The molecule has 9 nitrogen and oxygen atoms in total. The minimum absolute atomic E-state index is 0.00206. The van der Waals surface area contributed by atoms with E-state index < -0.39 is 12.1 Å². The minimum atomic E-state index is -0.718. The maximum atomic E-state index is 7.15. The molecule has 17 atom stereocenters. The van der Waals surface area contributed by atoms with Crippen LogP contribution in [0.5, 0.6) is 0 Å². The summed E-state index contributed by atoms with van der Waals surface area (Å²) >= 11 is 0. The zero-order valence-corrected chi connectivity index (χ0v) is 33.5. The molecule has 0 amide bonds. The van der Waals surface area contributed by atoms with Crippen molar-refractivity contribution in [3.05, 3.63) is 0 Å². The first-order chi connectivity index (χ1) is 23.2. The first-order valence-electron chi connectivity index (χ1n) is 20.0. The van der Waals surface area contributed by atoms with Gasteiger partial charge in [0.15, 0.2) is 18.4 Å². The summed E-state index contributed by atoms with van der Waals surface area (Å²) in [7, 11) is 4.24. The van der Waals surface area contributed by atoms with Crippen LogP contribution in [0.15, 0.2) is 0 Å². The van der Waals surface area contributed by atoms with Gasteiger partial charge in [0, 0.05) is 24.2 Å². The monoisotopic (exact) mass is 698 g/mol. The molecular weight excluding hydrogens is 622 g/mol. The fourth-order valence-corrected chi connectivity index (χ4v) is 8.84. The Bertz CT molecular complexity index is 965. The van der Waals surface area contributed by atoms with Crippen LogP contribution in [-0.4, -0.2) is 101 Å². The van der Waals surface area contributed by atoms with Crippen molar-refractivity contribution < 1.29 is 37.9 Å². The Balaban J connectivity index is 1.51. The Hall–Kier alpha value is -0.360. The molecule has 0 aromatic rings. The first kappa shape index (κ1) is 41.4. The van der Waals surface area contributed by atoms with E-state index in [0.29, 0.717) is 42.8 Å².